The second-order valence-electron chi connectivity index (χ2n) is 5.36. The van der Waals surface area contributed by atoms with E-state index in [1.54, 1.807) is 24.3 Å². The van der Waals surface area contributed by atoms with Gasteiger partial charge in [-0.25, -0.2) is 13.2 Å². The zero-order valence-electron chi connectivity index (χ0n) is 12.1. The molecule has 1 saturated heterocycles. The summed E-state index contributed by atoms with van der Waals surface area (Å²) in [5.74, 6) is -1.25. The fraction of sp³-hybridized carbons (Fsp3) is 0.357. The standard InChI is InChI=1S/C14H15N3O5S/c18-12(15-9-5-6-23(20,21)8-9)7-22-14(19)13-10-3-1-2-4-11(10)16-17-13/h1-4,9H,5-8H2,(H,15,18)(H,16,17)/t9-/m1/s1. The van der Waals surface area contributed by atoms with Gasteiger partial charge in [0.05, 0.1) is 17.0 Å². The number of esters is 1. The average molecular weight is 337 g/mol. The number of carbonyl (C=O) groups excluding carboxylic acids is 2. The first kappa shape index (κ1) is 15.5. The molecule has 9 heteroatoms. The van der Waals surface area contributed by atoms with E-state index in [-0.39, 0.29) is 17.2 Å². The van der Waals surface area contributed by atoms with E-state index >= 15 is 0 Å². The van der Waals surface area contributed by atoms with Gasteiger partial charge in [0.1, 0.15) is 0 Å². The van der Waals surface area contributed by atoms with Crippen molar-refractivity contribution in [3.8, 4) is 0 Å². The SMILES string of the molecule is O=C(COC(=O)c1n[nH]c2ccccc12)N[C@@H]1CCS(=O)(=O)C1. The van der Waals surface area contributed by atoms with Gasteiger partial charge in [0, 0.05) is 11.4 Å². The van der Waals surface area contributed by atoms with Crippen LogP contribution in [-0.4, -0.2) is 54.6 Å². The number of para-hydroxylation sites is 1. The Kier molecular flexibility index (Phi) is 4.03. The molecule has 8 nitrogen and oxygen atoms in total. The summed E-state index contributed by atoms with van der Waals surface area (Å²) in [5.41, 5.74) is 0.803. The highest BCUT2D eigenvalue weighted by Crippen LogP contribution is 2.16. The van der Waals surface area contributed by atoms with Crippen LogP contribution in [0.2, 0.25) is 0 Å². The van der Waals surface area contributed by atoms with Crippen LogP contribution in [0.25, 0.3) is 10.9 Å². The van der Waals surface area contributed by atoms with Gasteiger partial charge in [0.2, 0.25) is 0 Å². The van der Waals surface area contributed by atoms with Gasteiger partial charge < -0.3 is 10.1 Å². The third kappa shape index (κ3) is 3.50. The van der Waals surface area contributed by atoms with Crippen molar-refractivity contribution in [2.24, 2.45) is 0 Å². The Morgan fingerprint density at radius 2 is 2.13 bits per heavy atom. The first-order valence-corrected chi connectivity index (χ1v) is 8.87. The summed E-state index contributed by atoms with van der Waals surface area (Å²) in [6.07, 6.45) is 0.381. The van der Waals surface area contributed by atoms with Crippen LogP contribution in [-0.2, 0) is 19.4 Å². The van der Waals surface area contributed by atoms with Crippen LogP contribution in [0.5, 0.6) is 0 Å². The molecular formula is C14H15N3O5S. The number of hydrogen-bond acceptors (Lipinski definition) is 6. The number of amides is 1. The number of nitrogens with zero attached hydrogens (tertiary/aromatic N) is 1. The minimum Gasteiger partial charge on any atom is -0.451 e. The van der Waals surface area contributed by atoms with E-state index in [1.165, 1.54) is 0 Å². The van der Waals surface area contributed by atoms with Crippen molar-refractivity contribution in [3.63, 3.8) is 0 Å². The van der Waals surface area contributed by atoms with Crippen molar-refractivity contribution in [2.75, 3.05) is 18.1 Å². The molecular weight excluding hydrogens is 322 g/mol. The Morgan fingerprint density at radius 1 is 1.35 bits per heavy atom. The van der Waals surface area contributed by atoms with Crippen molar-refractivity contribution in [2.45, 2.75) is 12.5 Å². The molecule has 1 atom stereocenters. The van der Waals surface area contributed by atoms with E-state index in [2.05, 4.69) is 15.5 Å². The van der Waals surface area contributed by atoms with Gasteiger partial charge in [-0.3, -0.25) is 9.89 Å². The summed E-state index contributed by atoms with van der Waals surface area (Å²) in [4.78, 5) is 23.7. The molecule has 1 amide bonds. The summed E-state index contributed by atoms with van der Waals surface area (Å²) in [6.45, 7) is -0.476. The van der Waals surface area contributed by atoms with Gasteiger partial charge in [0.15, 0.2) is 22.1 Å². The minimum absolute atomic E-state index is 0.0665. The van der Waals surface area contributed by atoms with Crippen LogP contribution in [0.3, 0.4) is 0 Å². The van der Waals surface area contributed by atoms with E-state index in [4.69, 9.17) is 4.74 Å². The maximum Gasteiger partial charge on any atom is 0.359 e. The van der Waals surface area contributed by atoms with E-state index in [0.29, 0.717) is 17.3 Å². The normalized spacial score (nSPS) is 19.6. The van der Waals surface area contributed by atoms with Gasteiger partial charge in [-0.2, -0.15) is 5.10 Å². The molecule has 2 heterocycles. The predicted octanol–water partition coefficient (Wildman–Crippen LogP) is 0.0230. The third-order valence-electron chi connectivity index (χ3n) is 3.60. The average Bonchev–Trinajstić information content (AvgIpc) is 3.08. The van der Waals surface area contributed by atoms with Crippen molar-refractivity contribution in [3.05, 3.63) is 30.0 Å². The number of benzene rings is 1. The van der Waals surface area contributed by atoms with Gasteiger partial charge in [-0.05, 0) is 12.5 Å². The van der Waals surface area contributed by atoms with Crippen LogP contribution in [0.15, 0.2) is 24.3 Å². The number of sulfone groups is 1. The quantitative estimate of drug-likeness (QED) is 0.760. The van der Waals surface area contributed by atoms with Crippen molar-refractivity contribution >= 4 is 32.6 Å². The van der Waals surface area contributed by atoms with Crippen molar-refractivity contribution in [1.82, 2.24) is 15.5 Å². The van der Waals surface area contributed by atoms with Gasteiger partial charge in [-0.15, -0.1) is 0 Å². The number of carbonyl (C=O) groups is 2. The topological polar surface area (TPSA) is 118 Å². The molecule has 23 heavy (non-hydrogen) atoms. The molecule has 0 aliphatic carbocycles. The van der Waals surface area contributed by atoms with E-state index in [9.17, 15) is 18.0 Å². The number of ether oxygens (including phenoxy) is 1. The fourth-order valence-electron chi connectivity index (χ4n) is 2.50. The second kappa shape index (κ2) is 5.99. The van der Waals surface area contributed by atoms with Gasteiger partial charge in [-0.1, -0.05) is 18.2 Å². The number of rotatable bonds is 4. The molecule has 122 valence electrons. The van der Waals surface area contributed by atoms with Gasteiger partial charge in [0.25, 0.3) is 5.91 Å². The lowest BCUT2D eigenvalue weighted by Crippen LogP contribution is -2.38. The van der Waals surface area contributed by atoms with Crippen molar-refractivity contribution in [1.29, 1.82) is 0 Å². The third-order valence-corrected chi connectivity index (χ3v) is 5.36. The summed E-state index contributed by atoms with van der Waals surface area (Å²) < 4.78 is 27.6. The Morgan fingerprint density at radius 3 is 2.87 bits per heavy atom. The molecule has 1 aliphatic heterocycles. The lowest BCUT2D eigenvalue weighted by molar-refractivity contribution is -0.124. The van der Waals surface area contributed by atoms with Crippen LogP contribution < -0.4 is 5.32 Å². The highest BCUT2D eigenvalue weighted by atomic mass is 32.2. The molecule has 3 rings (SSSR count). The summed E-state index contributed by atoms with van der Waals surface area (Å²) in [5, 5.41) is 9.75. The largest absolute Gasteiger partial charge is 0.451 e. The molecule has 0 unspecified atom stereocenters. The molecule has 0 spiro atoms. The molecule has 2 N–H and O–H groups in total. The van der Waals surface area contributed by atoms with Crippen molar-refractivity contribution < 1.29 is 22.7 Å². The number of hydrogen-bond donors (Lipinski definition) is 2. The molecule has 2 aromatic rings. The van der Waals surface area contributed by atoms with Crippen LogP contribution in [0, 0.1) is 0 Å². The maximum absolute atomic E-state index is 12.0. The fourth-order valence-corrected chi connectivity index (χ4v) is 4.17. The Labute approximate surface area is 132 Å². The van der Waals surface area contributed by atoms with E-state index in [1.807, 2.05) is 0 Å². The zero-order valence-corrected chi connectivity index (χ0v) is 12.9. The number of aromatic nitrogens is 2. The Balaban J connectivity index is 1.56. The molecule has 1 aromatic heterocycles. The highest BCUT2D eigenvalue weighted by Gasteiger charge is 2.29. The first-order chi connectivity index (χ1) is 10.9. The molecule has 1 fully saturated rings. The summed E-state index contributed by atoms with van der Waals surface area (Å²) in [6, 6.07) is 6.64. The lowest BCUT2D eigenvalue weighted by Gasteiger charge is -2.10. The number of H-pyrrole nitrogens is 1. The predicted molar refractivity (Wildman–Crippen MR) is 81.6 cm³/mol. The van der Waals surface area contributed by atoms with E-state index < -0.39 is 34.4 Å². The zero-order chi connectivity index (χ0) is 16.4. The molecule has 0 radical (unpaired) electrons. The molecule has 0 saturated carbocycles. The van der Waals surface area contributed by atoms with Crippen LogP contribution in [0.4, 0.5) is 0 Å². The Hall–Kier alpha value is -2.42. The lowest BCUT2D eigenvalue weighted by atomic mass is 10.2. The summed E-state index contributed by atoms with van der Waals surface area (Å²) in [7, 11) is -3.07. The molecule has 1 aromatic carbocycles. The number of fused-ring (bicyclic) bond motifs is 1. The molecule has 0 bridgehead atoms. The maximum atomic E-state index is 12.0. The second-order valence-corrected chi connectivity index (χ2v) is 7.59. The van der Waals surface area contributed by atoms with Crippen LogP contribution in [0.1, 0.15) is 16.9 Å². The number of nitrogens with one attached hydrogen (secondary N) is 2. The minimum atomic E-state index is -3.07. The van der Waals surface area contributed by atoms with E-state index in [0.717, 1.165) is 0 Å². The smallest absolute Gasteiger partial charge is 0.359 e. The highest BCUT2D eigenvalue weighted by molar-refractivity contribution is 7.91. The summed E-state index contributed by atoms with van der Waals surface area (Å²) >= 11 is 0. The van der Waals surface area contributed by atoms with Crippen LogP contribution >= 0.6 is 0 Å². The molecule has 1 aliphatic rings. The monoisotopic (exact) mass is 337 g/mol. The Bertz CT molecular complexity index is 858. The first-order valence-electron chi connectivity index (χ1n) is 7.05. The number of aromatic amines is 1. The van der Waals surface area contributed by atoms with Gasteiger partial charge >= 0.3 is 5.97 Å².